The summed E-state index contributed by atoms with van der Waals surface area (Å²) in [5.41, 5.74) is 0. The van der Waals surface area contributed by atoms with E-state index in [1.807, 2.05) is 6.92 Å². The van der Waals surface area contributed by atoms with Crippen LogP contribution in [0.3, 0.4) is 0 Å². The van der Waals surface area contributed by atoms with E-state index in [-0.39, 0.29) is 0 Å². The van der Waals surface area contributed by atoms with E-state index >= 15 is 0 Å². The summed E-state index contributed by atoms with van der Waals surface area (Å²) < 4.78 is -1.39. The van der Waals surface area contributed by atoms with Gasteiger partial charge in [-0.25, -0.2) is 0 Å². The molecule has 0 N–H and O–H groups in total. The lowest BCUT2D eigenvalue weighted by Crippen LogP contribution is -1.94. The van der Waals surface area contributed by atoms with E-state index in [1.165, 1.54) is 0 Å². The number of hydrogen-bond donors (Lipinski definition) is 0. The van der Waals surface area contributed by atoms with Gasteiger partial charge in [0, 0.05) is 6.42 Å². The van der Waals surface area contributed by atoms with Crippen LogP contribution in [-0.4, -0.2) is 3.79 Å². The van der Waals surface area contributed by atoms with Crippen molar-refractivity contribution in [3.8, 4) is 11.8 Å². The highest BCUT2D eigenvalue weighted by Crippen LogP contribution is 2.24. The molecule has 0 fully saturated rings. The molecule has 0 aromatic rings. The third-order valence-electron chi connectivity index (χ3n) is 0.605. The zero-order chi connectivity index (χ0) is 7.33. The average Bonchev–Trinajstić information content (AvgIpc) is 1.63. The first-order valence-electron chi connectivity index (χ1n) is 2.63. The molecular weight excluding hydrogens is 178 g/mol. The molecule has 0 rings (SSSR count). The van der Waals surface area contributed by atoms with Gasteiger partial charge in [-0.2, -0.15) is 0 Å². The Kier molecular flexibility index (Phi) is 4.48. The molecule has 0 aromatic heterocycles. The van der Waals surface area contributed by atoms with Crippen LogP contribution in [0.5, 0.6) is 0 Å². The molecule has 52 valence electrons. The van der Waals surface area contributed by atoms with Crippen molar-refractivity contribution in [2.75, 3.05) is 0 Å². The van der Waals surface area contributed by atoms with Gasteiger partial charge in [-0.3, -0.25) is 0 Å². The summed E-state index contributed by atoms with van der Waals surface area (Å²) in [5, 5.41) is 0. The second-order valence-corrected chi connectivity index (χ2v) is 3.83. The monoisotopic (exact) mass is 184 g/mol. The van der Waals surface area contributed by atoms with Crippen LogP contribution in [-0.2, 0) is 0 Å². The van der Waals surface area contributed by atoms with Crippen LogP contribution in [0.25, 0.3) is 0 Å². The molecule has 0 atom stereocenters. The van der Waals surface area contributed by atoms with E-state index in [2.05, 4.69) is 11.8 Å². The van der Waals surface area contributed by atoms with E-state index in [1.54, 1.807) is 0 Å². The molecule has 0 radical (unpaired) electrons. The molecule has 0 aliphatic heterocycles. The Hall–Kier alpha value is 0.430. The highest BCUT2D eigenvalue weighted by Gasteiger charge is 2.13. The number of rotatable bonds is 1. The Bertz CT molecular complexity index is 123. The van der Waals surface area contributed by atoms with Crippen molar-refractivity contribution in [3.63, 3.8) is 0 Å². The lowest BCUT2D eigenvalue weighted by molar-refractivity contribution is 0.982. The molecule has 9 heavy (non-hydrogen) atoms. The fraction of sp³-hybridized carbons (Fsp3) is 0.667. The smallest absolute Gasteiger partial charge is 0.0989 e. The van der Waals surface area contributed by atoms with Crippen molar-refractivity contribution in [1.82, 2.24) is 0 Å². The van der Waals surface area contributed by atoms with Crippen LogP contribution in [0.1, 0.15) is 19.8 Å². The van der Waals surface area contributed by atoms with Crippen LogP contribution in [0.15, 0.2) is 0 Å². The van der Waals surface area contributed by atoms with Gasteiger partial charge in [-0.1, -0.05) is 47.6 Å². The Morgan fingerprint density at radius 3 is 2.22 bits per heavy atom. The first-order chi connectivity index (χ1) is 4.06. The lowest BCUT2D eigenvalue weighted by Gasteiger charge is -1.96. The van der Waals surface area contributed by atoms with Crippen molar-refractivity contribution in [2.45, 2.75) is 23.6 Å². The number of hydrogen-bond acceptors (Lipinski definition) is 0. The second-order valence-electron chi connectivity index (χ2n) is 1.55. The summed E-state index contributed by atoms with van der Waals surface area (Å²) in [4.78, 5) is 0. The van der Waals surface area contributed by atoms with E-state index in [0.29, 0.717) is 0 Å². The standard InChI is InChI=1S/C6H7Cl3/c1-2-3-4-5-6(7,8)9/h2-3H2,1H3. The van der Waals surface area contributed by atoms with Gasteiger partial charge in [-0.15, -0.1) is 0 Å². The van der Waals surface area contributed by atoms with Crippen molar-refractivity contribution in [3.05, 3.63) is 0 Å². The van der Waals surface area contributed by atoms with Gasteiger partial charge in [0.2, 0.25) is 0 Å². The summed E-state index contributed by atoms with van der Waals surface area (Å²) in [6, 6.07) is 0. The van der Waals surface area contributed by atoms with Crippen LogP contribution in [0, 0.1) is 11.8 Å². The van der Waals surface area contributed by atoms with Gasteiger partial charge < -0.3 is 0 Å². The maximum Gasteiger partial charge on any atom is 0.252 e. The highest BCUT2D eigenvalue weighted by molar-refractivity contribution is 6.69. The Balaban J connectivity index is 3.59. The minimum atomic E-state index is -1.39. The molecular formula is C6H7Cl3. The molecule has 0 heterocycles. The van der Waals surface area contributed by atoms with Crippen LogP contribution < -0.4 is 0 Å². The Labute approximate surface area is 70.5 Å². The first-order valence-corrected chi connectivity index (χ1v) is 3.76. The van der Waals surface area contributed by atoms with Crippen molar-refractivity contribution < 1.29 is 0 Å². The third kappa shape index (κ3) is 8.43. The molecule has 3 heteroatoms. The van der Waals surface area contributed by atoms with Crippen LogP contribution in [0.4, 0.5) is 0 Å². The molecule has 0 saturated heterocycles. The number of halogens is 3. The molecule has 0 aliphatic rings. The summed E-state index contributed by atoms with van der Waals surface area (Å²) in [5.74, 6) is 5.20. The summed E-state index contributed by atoms with van der Waals surface area (Å²) in [6.07, 6.45) is 1.78. The zero-order valence-electron chi connectivity index (χ0n) is 5.05. The molecule has 0 aliphatic carbocycles. The van der Waals surface area contributed by atoms with Gasteiger partial charge in [0.15, 0.2) is 0 Å². The molecule has 0 amide bonds. The van der Waals surface area contributed by atoms with E-state index in [4.69, 9.17) is 34.8 Å². The maximum atomic E-state index is 5.33. The zero-order valence-corrected chi connectivity index (χ0v) is 7.32. The van der Waals surface area contributed by atoms with Crippen molar-refractivity contribution in [2.24, 2.45) is 0 Å². The quantitative estimate of drug-likeness (QED) is 0.435. The minimum Gasteiger partial charge on any atom is -0.0989 e. The predicted molar refractivity (Wildman–Crippen MR) is 43.0 cm³/mol. The topological polar surface area (TPSA) is 0 Å². The van der Waals surface area contributed by atoms with E-state index < -0.39 is 3.79 Å². The van der Waals surface area contributed by atoms with Crippen LogP contribution >= 0.6 is 34.8 Å². The van der Waals surface area contributed by atoms with Gasteiger partial charge in [0.1, 0.15) is 0 Å². The predicted octanol–water partition coefficient (Wildman–Crippen LogP) is 3.16. The number of unbranched alkanes of at least 4 members (excludes halogenated alkanes) is 1. The van der Waals surface area contributed by atoms with Gasteiger partial charge >= 0.3 is 0 Å². The Morgan fingerprint density at radius 1 is 1.33 bits per heavy atom. The molecule has 0 unspecified atom stereocenters. The Morgan fingerprint density at radius 2 is 1.89 bits per heavy atom. The third-order valence-corrected chi connectivity index (χ3v) is 0.889. The largest absolute Gasteiger partial charge is 0.252 e. The summed E-state index contributed by atoms with van der Waals surface area (Å²) >= 11 is 16.0. The average molecular weight is 185 g/mol. The second kappa shape index (κ2) is 4.28. The van der Waals surface area contributed by atoms with E-state index in [0.717, 1.165) is 12.8 Å². The maximum absolute atomic E-state index is 5.33. The summed E-state index contributed by atoms with van der Waals surface area (Å²) in [6.45, 7) is 2.02. The molecule has 0 aromatic carbocycles. The fourth-order valence-corrected chi connectivity index (χ4v) is 0.488. The fourth-order valence-electron chi connectivity index (χ4n) is 0.288. The number of alkyl halides is 3. The van der Waals surface area contributed by atoms with Crippen molar-refractivity contribution >= 4 is 34.8 Å². The molecule has 0 saturated carbocycles. The van der Waals surface area contributed by atoms with E-state index in [9.17, 15) is 0 Å². The first kappa shape index (κ1) is 9.43. The minimum absolute atomic E-state index is 0.786. The van der Waals surface area contributed by atoms with Gasteiger partial charge in [0.05, 0.1) is 0 Å². The van der Waals surface area contributed by atoms with Crippen molar-refractivity contribution in [1.29, 1.82) is 0 Å². The molecule has 0 nitrogen and oxygen atoms in total. The van der Waals surface area contributed by atoms with Gasteiger partial charge in [-0.05, 0) is 12.3 Å². The normalized spacial score (nSPS) is 10.2. The SMILES string of the molecule is CCCC#CC(Cl)(Cl)Cl. The highest BCUT2D eigenvalue weighted by atomic mass is 35.6. The van der Waals surface area contributed by atoms with Crippen LogP contribution in [0.2, 0.25) is 0 Å². The van der Waals surface area contributed by atoms with Gasteiger partial charge in [0.25, 0.3) is 3.79 Å². The lowest BCUT2D eigenvalue weighted by atomic mass is 10.3. The molecule has 0 spiro atoms. The summed E-state index contributed by atoms with van der Waals surface area (Å²) in [7, 11) is 0. The molecule has 0 bridgehead atoms.